The normalized spacial score (nSPS) is 10.6. The fourth-order valence-electron chi connectivity index (χ4n) is 1.53. The van der Waals surface area contributed by atoms with Gasteiger partial charge in [0.1, 0.15) is 11.8 Å². The van der Waals surface area contributed by atoms with Gasteiger partial charge in [-0.05, 0) is 12.1 Å². The van der Waals surface area contributed by atoms with E-state index in [9.17, 15) is 0 Å². The van der Waals surface area contributed by atoms with Crippen molar-refractivity contribution < 1.29 is 0 Å². The summed E-state index contributed by atoms with van der Waals surface area (Å²) < 4.78 is 1.04. The van der Waals surface area contributed by atoms with Gasteiger partial charge in [0.05, 0.1) is 18.1 Å². The van der Waals surface area contributed by atoms with E-state index in [1.165, 1.54) is 6.33 Å². The molecule has 4 nitrogen and oxygen atoms in total. The van der Waals surface area contributed by atoms with Gasteiger partial charge in [-0.3, -0.25) is 0 Å². The minimum Gasteiger partial charge on any atom is -0.249 e. The molecular weight excluding hydrogens is 280 g/mol. The molecule has 0 atom stereocenters. The lowest BCUT2D eigenvalue weighted by atomic mass is 10.2. The molecule has 0 fully saturated rings. The van der Waals surface area contributed by atoms with E-state index in [2.05, 4.69) is 35.9 Å². The van der Waals surface area contributed by atoms with Crippen LogP contribution < -0.4 is 0 Å². The number of rotatable bonds is 1. The fourth-order valence-corrected chi connectivity index (χ4v) is 1.79. The highest BCUT2D eigenvalue weighted by Gasteiger charge is 2.03. The van der Waals surface area contributed by atoms with E-state index in [-0.39, 0.29) is 0 Å². The molecule has 2 aromatic heterocycles. The number of halogens is 1. The molecule has 1 aromatic carbocycles. The van der Waals surface area contributed by atoms with Crippen molar-refractivity contribution in [1.29, 1.82) is 0 Å². The second kappa shape index (κ2) is 4.18. The van der Waals surface area contributed by atoms with E-state index in [1.807, 2.05) is 24.3 Å². The Kier molecular flexibility index (Phi) is 2.53. The molecule has 0 radical (unpaired) electrons. The standard InChI is InChI=1S/C12H7BrN4/c13-9-3-1-8(2-4-9)10-6-15-11-5-14-7-16-12(11)17-10/h1-7H. The van der Waals surface area contributed by atoms with E-state index in [4.69, 9.17) is 0 Å². The van der Waals surface area contributed by atoms with E-state index >= 15 is 0 Å². The minimum atomic E-state index is 0.611. The highest BCUT2D eigenvalue weighted by molar-refractivity contribution is 9.10. The first-order valence-electron chi connectivity index (χ1n) is 5.01. The van der Waals surface area contributed by atoms with Gasteiger partial charge in [0.25, 0.3) is 0 Å². The molecule has 2 heterocycles. The number of hydrogen-bond acceptors (Lipinski definition) is 4. The van der Waals surface area contributed by atoms with Gasteiger partial charge >= 0.3 is 0 Å². The molecule has 0 saturated heterocycles. The van der Waals surface area contributed by atoms with Gasteiger partial charge in [-0.1, -0.05) is 28.1 Å². The lowest BCUT2D eigenvalue weighted by Crippen LogP contribution is -1.91. The van der Waals surface area contributed by atoms with Crippen LogP contribution in [0.25, 0.3) is 22.4 Å². The number of fused-ring (bicyclic) bond motifs is 1. The molecule has 0 N–H and O–H groups in total. The first-order valence-corrected chi connectivity index (χ1v) is 5.81. The van der Waals surface area contributed by atoms with Crippen LogP contribution in [0.15, 0.2) is 47.5 Å². The van der Waals surface area contributed by atoms with Crippen molar-refractivity contribution in [2.45, 2.75) is 0 Å². The van der Waals surface area contributed by atoms with Crippen molar-refractivity contribution in [3.8, 4) is 11.3 Å². The van der Waals surface area contributed by atoms with Crippen molar-refractivity contribution in [2.75, 3.05) is 0 Å². The van der Waals surface area contributed by atoms with Gasteiger partial charge in [-0.25, -0.2) is 19.9 Å². The molecule has 0 saturated carbocycles. The maximum atomic E-state index is 4.45. The van der Waals surface area contributed by atoms with Crippen LogP contribution in [0.1, 0.15) is 0 Å². The minimum absolute atomic E-state index is 0.611. The molecule has 0 amide bonds. The summed E-state index contributed by atoms with van der Waals surface area (Å²) in [6.07, 6.45) is 4.86. The van der Waals surface area contributed by atoms with Gasteiger partial charge in [0.15, 0.2) is 5.65 Å². The van der Waals surface area contributed by atoms with Crippen molar-refractivity contribution in [3.63, 3.8) is 0 Å². The number of benzene rings is 1. The van der Waals surface area contributed by atoms with Gasteiger partial charge in [0, 0.05) is 10.0 Å². The van der Waals surface area contributed by atoms with Crippen LogP contribution in [0.4, 0.5) is 0 Å². The molecule has 3 rings (SSSR count). The van der Waals surface area contributed by atoms with Gasteiger partial charge in [0.2, 0.25) is 0 Å². The first kappa shape index (κ1) is 10.3. The molecule has 17 heavy (non-hydrogen) atoms. The lowest BCUT2D eigenvalue weighted by molar-refractivity contribution is 1.15. The Balaban J connectivity index is 2.14. The zero-order valence-electron chi connectivity index (χ0n) is 8.71. The molecule has 5 heteroatoms. The van der Waals surface area contributed by atoms with Crippen LogP contribution in [0, 0.1) is 0 Å². The third-order valence-corrected chi connectivity index (χ3v) is 2.89. The van der Waals surface area contributed by atoms with E-state index in [0.717, 1.165) is 15.7 Å². The van der Waals surface area contributed by atoms with Crippen LogP contribution in [0.2, 0.25) is 0 Å². The second-order valence-electron chi connectivity index (χ2n) is 3.49. The summed E-state index contributed by atoms with van der Waals surface area (Å²) in [5, 5.41) is 0. The lowest BCUT2D eigenvalue weighted by Gasteiger charge is -2.01. The van der Waals surface area contributed by atoms with Crippen LogP contribution in [0.5, 0.6) is 0 Å². The molecule has 3 aromatic rings. The summed E-state index contributed by atoms with van der Waals surface area (Å²) in [6.45, 7) is 0. The third-order valence-electron chi connectivity index (χ3n) is 2.36. The predicted molar refractivity (Wildman–Crippen MR) is 68.3 cm³/mol. The largest absolute Gasteiger partial charge is 0.249 e. The predicted octanol–water partition coefficient (Wildman–Crippen LogP) is 2.85. The van der Waals surface area contributed by atoms with Crippen molar-refractivity contribution in [3.05, 3.63) is 47.5 Å². The van der Waals surface area contributed by atoms with Gasteiger partial charge < -0.3 is 0 Å². The van der Waals surface area contributed by atoms with E-state index in [0.29, 0.717) is 11.2 Å². The van der Waals surface area contributed by atoms with Crippen molar-refractivity contribution in [1.82, 2.24) is 19.9 Å². The average molecular weight is 287 g/mol. The third kappa shape index (κ3) is 2.01. The summed E-state index contributed by atoms with van der Waals surface area (Å²) in [4.78, 5) is 16.7. The first-order chi connectivity index (χ1) is 8.33. The van der Waals surface area contributed by atoms with Crippen LogP contribution in [-0.2, 0) is 0 Å². The Hall–Kier alpha value is -1.88. The molecule has 0 aliphatic rings. The monoisotopic (exact) mass is 286 g/mol. The maximum absolute atomic E-state index is 4.45. The molecule has 0 aliphatic carbocycles. The maximum Gasteiger partial charge on any atom is 0.181 e. The number of nitrogens with zero attached hydrogens (tertiary/aromatic N) is 4. The Morgan fingerprint density at radius 2 is 1.76 bits per heavy atom. The van der Waals surface area contributed by atoms with Crippen molar-refractivity contribution in [2.24, 2.45) is 0 Å². The molecule has 0 unspecified atom stereocenters. The van der Waals surface area contributed by atoms with Gasteiger partial charge in [-0.15, -0.1) is 0 Å². The Labute approximate surface area is 106 Å². The summed E-state index contributed by atoms with van der Waals surface area (Å²) in [6, 6.07) is 7.92. The SMILES string of the molecule is Brc1ccc(-c2cnc3cncnc3n2)cc1. The summed E-state index contributed by atoms with van der Waals surface area (Å²) in [7, 11) is 0. The van der Waals surface area contributed by atoms with Crippen LogP contribution >= 0.6 is 15.9 Å². The highest BCUT2D eigenvalue weighted by atomic mass is 79.9. The molecule has 0 spiro atoms. The molecule has 0 aliphatic heterocycles. The van der Waals surface area contributed by atoms with E-state index < -0.39 is 0 Å². The van der Waals surface area contributed by atoms with Crippen LogP contribution in [-0.4, -0.2) is 19.9 Å². The summed E-state index contributed by atoms with van der Waals surface area (Å²) in [5.74, 6) is 0. The number of aromatic nitrogens is 4. The fraction of sp³-hybridized carbons (Fsp3) is 0. The van der Waals surface area contributed by atoms with E-state index in [1.54, 1.807) is 12.4 Å². The van der Waals surface area contributed by atoms with Gasteiger partial charge in [-0.2, -0.15) is 0 Å². The quantitative estimate of drug-likeness (QED) is 0.690. The Morgan fingerprint density at radius 1 is 0.941 bits per heavy atom. The zero-order chi connectivity index (χ0) is 11.7. The second-order valence-corrected chi connectivity index (χ2v) is 4.41. The topological polar surface area (TPSA) is 51.6 Å². The Morgan fingerprint density at radius 3 is 2.59 bits per heavy atom. The smallest absolute Gasteiger partial charge is 0.181 e. The zero-order valence-corrected chi connectivity index (χ0v) is 10.3. The Bertz CT molecular complexity index is 667. The molecule has 82 valence electrons. The summed E-state index contributed by atoms with van der Waals surface area (Å²) in [5.41, 5.74) is 3.14. The molecule has 0 bridgehead atoms. The van der Waals surface area contributed by atoms with Crippen molar-refractivity contribution >= 4 is 27.1 Å². The average Bonchev–Trinajstić information content (AvgIpc) is 2.39. The van der Waals surface area contributed by atoms with Crippen LogP contribution in [0.3, 0.4) is 0 Å². The molecular formula is C12H7BrN4. The highest BCUT2D eigenvalue weighted by Crippen LogP contribution is 2.20. The summed E-state index contributed by atoms with van der Waals surface area (Å²) >= 11 is 3.40. The number of hydrogen-bond donors (Lipinski definition) is 0.